The summed E-state index contributed by atoms with van der Waals surface area (Å²) in [4.78, 5) is 4.57. The quantitative estimate of drug-likeness (QED) is 0.788. The fourth-order valence-corrected chi connectivity index (χ4v) is 2.44. The Hall–Kier alpha value is -1.81. The number of hydrogen-bond donors (Lipinski definition) is 1. The summed E-state index contributed by atoms with van der Waals surface area (Å²) < 4.78 is 2.97. The molecule has 1 aromatic carbocycles. The van der Waals surface area contributed by atoms with Gasteiger partial charge >= 0.3 is 0 Å². The monoisotopic (exact) mass is 302 g/mol. The van der Waals surface area contributed by atoms with Crippen LogP contribution in [0, 0.1) is 0 Å². The number of halogens is 1. The number of rotatable bonds is 2. The van der Waals surface area contributed by atoms with Crippen LogP contribution in [0.5, 0.6) is 5.75 Å². The van der Waals surface area contributed by atoms with Gasteiger partial charge in [0.05, 0.1) is 10.2 Å². The minimum Gasteiger partial charge on any atom is -0.508 e. The van der Waals surface area contributed by atoms with E-state index in [9.17, 15) is 5.11 Å². The van der Waals surface area contributed by atoms with E-state index in [1.165, 1.54) is 0 Å². The number of pyridine rings is 1. The van der Waals surface area contributed by atoms with Crippen molar-refractivity contribution in [2.75, 3.05) is 0 Å². The van der Waals surface area contributed by atoms with Gasteiger partial charge in [0.15, 0.2) is 5.65 Å². The van der Waals surface area contributed by atoms with Crippen molar-refractivity contribution in [1.29, 1.82) is 0 Å². The zero-order chi connectivity index (χ0) is 12.5. The molecular weight excluding hydrogens is 292 g/mol. The van der Waals surface area contributed by atoms with Gasteiger partial charge in [-0.15, -0.1) is 0 Å². The minimum atomic E-state index is 0.289. The lowest BCUT2D eigenvalue weighted by molar-refractivity contribution is 0.474. The van der Waals surface area contributed by atoms with Gasteiger partial charge in [0.1, 0.15) is 5.75 Å². The second-order valence-electron chi connectivity index (χ2n) is 4.17. The van der Waals surface area contributed by atoms with Gasteiger partial charge in [0, 0.05) is 18.8 Å². The molecule has 0 radical (unpaired) electrons. The zero-order valence-electron chi connectivity index (χ0n) is 9.55. The Labute approximate surface area is 113 Å². The van der Waals surface area contributed by atoms with E-state index in [-0.39, 0.29) is 5.75 Å². The van der Waals surface area contributed by atoms with E-state index in [0.717, 1.165) is 21.4 Å². The second kappa shape index (κ2) is 4.46. The molecule has 4 heteroatoms. The van der Waals surface area contributed by atoms with E-state index in [2.05, 4.69) is 20.9 Å². The molecule has 18 heavy (non-hydrogen) atoms. The number of imidazole rings is 1. The van der Waals surface area contributed by atoms with Crippen molar-refractivity contribution in [2.24, 2.45) is 0 Å². The van der Waals surface area contributed by atoms with Gasteiger partial charge in [-0.1, -0.05) is 12.1 Å². The smallest absolute Gasteiger partial charge is 0.151 e. The fraction of sp³-hybridized carbons (Fsp3) is 0.0714. The van der Waals surface area contributed by atoms with E-state index in [0.29, 0.717) is 6.42 Å². The van der Waals surface area contributed by atoms with E-state index in [1.807, 2.05) is 41.1 Å². The Morgan fingerprint density at radius 1 is 1.22 bits per heavy atom. The second-order valence-corrected chi connectivity index (χ2v) is 5.02. The van der Waals surface area contributed by atoms with Gasteiger partial charge in [-0.25, -0.2) is 4.98 Å². The Bertz CT molecular complexity index is 706. The largest absolute Gasteiger partial charge is 0.508 e. The standard InChI is InChI=1S/C14H11BrN2O/c15-13-5-2-6-17-9-11(16-14(13)17)7-10-3-1-4-12(18)8-10/h1-6,8-9,18H,7H2. The van der Waals surface area contributed by atoms with E-state index in [1.54, 1.807) is 12.1 Å². The van der Waals surface area contributed by atoms with Crippen LogP contribution >= 0.6 is 15.9 Å². The van der Waals surface area contributed by atoms with E-state index in [4.69, 9.17) is 0 Å². The van der Waals surface area contributed by atoms with E-state index >= 15 is 0 Å². The highest BCUT2D eigenvalue weighted by atomic mass is 79.9. The summed E-state index contributed by atoms with van der Waals surface area (Å²) in [7, 11) is 0. The van der Waals surface area contributed by atoms with Gasteiger partial charge in [0.2, 0.25) is 0 Å². The third kappa shape index (κ3) is 2.11. The molecule has 3 aromatic rings. The highest BCUT2D eigenvalue weighted by Crippen LogP contribution is 2.19. The van der Waals surface area contributed by atoms with Crippen LogP contribution in [0.2, 0.25) is 0 Å². The van der Waals surface area contributed by atoms with Crippen LogP contribution < -0.4 is 0 Å². The highest BCUT2D eigenvalue weighted by Gasteiger charge is 2.05. The van der Waals surface area contributed by atoms with Crippen molar-refractivity contribution >= 4 is 21.6 Å². The summed E-state index contributed by atoms with van der Waals surface area (Å²) >= 11 is 3.48. The maximum Gasteiger partial charge on any atom is 0.151 e. The third-order valence-electron chi connectivity index (χ3n) is 2.78. The highest BCUT2D eigenvalue weighted by molar-refractivity contribution is 9.10. The molecule has 0 saturated heterocycles. The number of phenolic OH excluding ortho intramolecular Hbond substituents is 1. The Morgan fingerprint density at radius 2 is 2.11 bits per heavy atom. The normalized spacial score (nSPS) is 10.9. The number of fused-ring (bicyclic) bond motifs is 1. The minimum absolute atomic E-state index is 0.289. The first-order valence-corrected chi connectivity index (χ1v) is 6.42. The molecule has 2 heterocycles. The lowest BCUT2D eigenvalue weighted by Gasteiger charge is -1.98. The molecule has 0 atom stereocenters. The maximum atomic E-state index is 9.44. The van der Waals surface area contributed by atoms with Gasteiger partial charge in [-0.2, -0.15) is 0 Å². The van der Waals surface area contributed by atoms with Crippen LogP contribution in [0.15, 0.2) is 53.3 Å². The van der Waals surface area contributed by atoms with Gasteiger partial charge < -0.3 is 9.51 Å². The number of aromatic nitrogens is 2. The molecular formula is C14H11BrN2O. The molecule has 0 fully saturated rings. The molecule has 1 N–H and O–H groups in total. The first-order valence-electron chi connectivity index (χ1n) is 5.62. The van der Waals surface area contributed by atoms with E-state index < -0.39 is 0 Å². The summed E-state index contributed by atoms with van der Waals surface area (Å²) in [6.07, 6.45) is 4.69. The molecule has 0 spiro atoms. The number of hydrogen-bond acceptors (Lipinski definition) is 2. The number of aromatic hydroxyl groups is 1. The van der Waals surface area contributed by atoms with Gasteiger partial charge in [0.25, 0.3) is 0 Å². The van der Waals surface area contributed by atoms with Crippen molar-refractivity contribution in [3.05, 3.63) is 64.5 Å². The van der Waals surface area contributed by atoms with Crippen molar-refractivity contribution in [1.82, 2.24) is 9.38 Å². The molecule has 0 bridgehead atoms. The topological polar surface area (TPSA) is 37.5 Å². The molecule has 0 aliphatic heterocycles. The summed E-state index contributed by atoms with van der Waals surface area (Å²) in [5, 5.41) is 9.44. The maximum absolute atomic E-state index is 9.44. The molecule has 0 unspecified atom stereocenters. The van der Waals surface area contributed by atoms with Crippen LogP contribution in [0.25, 0.3) is 5.65 Å². The van der Waals surface area contributed by atoms with Gasteiger partial charge in [-0.3, -0.25) is 0 Å². The average molecular weight is 303 g/mol. The van der Waals surface area contributed by atoms with Crippen molar-refractivity contribution in [3.63, 3.8) is 0 Å². The molecule has 2 aromatic heterocycles. The zero-order valence-corrected chi connectivity index (χ0v) is 11.1. The summed E-state index contributed by atoms with van der Waals surface area (Å²) in [6.45, 7) is 0. The van der Waals surface area contributed by atoms with Crippen LogP contribution in [-0.4, -0.2) is 14.5 Å². The predicted octanol–water partition coefficient (Wildman–Crippen LogP) is 3.39. The summed E-state index contributed by atoms with van der Waals surface area (Å²) in [5.74, 6) is 0.289. The SMILES string of the molecule is Oc1cccc(Cc2cn3cccc(Br)c3n2)c1. The van der Waals surface area contributed by atoms with Crippen LogP contribution in [0.1, 0.15) is 11.3 Å². The van der Waals surface area contributed by atoms with Crippen LogP contribution in [-0.2, 0) is 6.42 Å². The first kappa shape index (κ1) is 11.3. The van der Waals surface area contributed by atoms with Crippen molar-refractivity contribution < 1.29 is 5.11 Å². The Balaban J connectivity index is 1.98. The summed E-state index contributed by atoms with van der Waals surface area (Å²) in [6, 6.07) is 11.2. The molecule has 0 aliphatic carbocycles. The van der Waals surface area contributed by atoms with Crippen LogP contribution in [0.4, 0.5) is 0 Å². The Morgan fingerprint density at radius 3 is 2.89 bits per heavy atom. The molecule has 0 amide bonds. The molecule has 0 aliphatic rings. The van der Waals surface area contributed by atoms with Crippen molar-refractivity contribution in [2.45, 2.75) is 6.42 Å². The molecule has 3 rings (SSSR count). The summed E-state index contributed by atoms with van der Waals surface area (Å²) in [5.41, 5.74) is 2.94. The third-order valence-corrected chi connectivity index (χ3v) is 3.40. The Kier molecular flexibility index (Phi) is 2.80. The number of nitrogens with zero attached hydrogens (tertiary/aromatic N) is 2. The molecule has 0 saturated carbocycles. The lowest BCUT2D eigenvalue weighted by atomic mass is 10.1. The first-order chi connectivity index (χ1) is 8.72. The van der Waals surface area contributed by atoms with Crippen LogP contribution in [0.3, 0.4) is 0 Å². The number of benzene rings is 1. The van der Waals surface area contributed by atoms with Crippen molar-refractivity contribution in [3.8, 4) is 5.75 Å². The fourth-order valence-electron chi connectivity index (χ4n) is 1.99. The lowest BCUT2D eigenvalue weighted by Crippen LogP contribution is -1.87. The average Bonchev–Trinajstić information content (AvgIpc) is 2.73. The number of phenols is 1. The predicted molar refractivity (Wildman–Crippen MR) is 73.8 cm³/mol. The van der Waals surface area contributed by atoms with Gasteiger partial charge in [-0.05, 0) is 45.8 Å². The molecule has 3 nitrogen and oxygen atoms in total. The molecule has 90 valence electrons.